The van der Waals surface area contributed by atoms with Crippen molar-refractivity contribution in [1.82, 2.24) is 14.8 Å². The van der Waals surface area contributed by atoms with Gasteiger partial charge in [-0.2, -0.15) is 0 Å². The van der Waals surface area contributed by atoms with Gasteiger partial charge >= 0.3 is 0 Å². The Morgan fingerprint density at radius 3 is 2.37 bits per heavy atom. The molecule has 144 valence electrons. The molecule has 2 amide bonds. The van der Waals surface area contributed by atoms with Gasteiger partial charge in [-0.1, -0.05) is 31.0 Å². The zero-order valence-electron chi connectivity index (χ0n) is 16.0. The summed E-state index contributed by atoms with van der Waals surface area (Å²) in [4.78, 5) is 39.5. The first-order chi connectivity index (χ1) is 13.0. The maximum atomic E-state index is 12.8. The number of aromatic nitrogens is 1. The van der Waals surface area contributed by atoms with E-state index in [9.17, 15) is 14.4 Å². The second-order valence-electron chi connectivity index (χ2n) is 7.44. The van der Waals surface area contributed by atoms with Crippen molar-refractivity contribution in [1.29, 1.82) is 0 Å². The number of hydrogen-bond acceptors (Lipinski definition) is 3. The average Bonchev–Trinajstić information content (AvgIpc) is 2.82. The number of hydrogen-bond donors (Lipinski definition) is 1. The van der Waals surface area contributed by atoms with Crippen molar-refractivity contribution in [2.24, 2.45) is 0 Å². The van der Waals surface area contributed by atoms with Crippen molar-refractivity contribution in [2.45, 2.75) is 52.1 Å². The van der Waals surface area contributed by atoms with Crippen LogP contribution in [0.25, 0.3) is 10.9 Å². The summed E-state index contributed by atoms with van der Waals surface area (Å²) < 4.78 is 1.79. The molecule has 27 heavy (non-hydrogen) atoms. The number of rotatable bonds is 5. The molecule has 1 N–H and O–H groups in total. The molecule has 2 heterocycles. The maximum Gasteiger partial charge on any atom is 0.292 e. The fourth-order valence-electron chi connectivity index (χ4n) is 3.57. The second kappa shape index (κ2) is 8.37. The number of ketones is 1. The highest BCUT2D eigenvalue weighted by atomic mass is 16.2. The Morgan fingerprint density at radius 2 is 1.70 bits per heavy atom. The fraction of sp³-hybridized carbons (Fsp3) is 0.476. The minimum absolute atomic E-state index is 0.0586. The topological polar surface area (TPSA) is 71.4 Å². The summed E-state index contributed by atoms with van der Waals surface area (Å²) in [5, 5.41) is 3.34. The van der Waals surface area contributed by atoms with Crippen LogP contribution in [-0.4, -0.2) is 46.2 Å². The normalized spacial score (nSPS) is 15.0. The Hall–Kier alpha value is -2.63. The van der Waals surface area contributed by atoms with Crippen LogP contribution < -0.4 is 5.32 Å². The third-order valence-electron chi connectivity index (χ3n) is 4.92. The van der Waals surface area contributed by atoms with Crippen LogP contribution in [0.1, 0.15) is 49.9 Å². The number of amides is 2. The molecule has 0 atom stereocenters. The van der Waals surface area contributed by atoms with Crippen LogP contribution in [0.5, 0.6) is 0 Å². The average molecular weight is 369 g/mol. The predicted octanol–water partition coefficient (Wildman–Crippen LogP) is 2.75. The van der Waals surface area contributed by atoms with E-state index in [-0.39, 0.29) is 18.5 Å². The van der Waals surface area contributed by atoms with E-state index in [1.165, 1.54) is 12.8 Å². The summed E-state index contributed by atoms with van der Waals surface area (Å²) in [6.45, 7) is 5.39. The third-order valence-corrected chi connectivity index (χ3v) is 4.92. The van der Waals surface area contributed by atoms with Gasteiger partial charge in [-0.3, -0.25) is 14.4 Å². The Balaban J connectivity index is 1.87. The zero-order valence-corrected chi connectivity index (χ0v) is 16.0. The molecule has 6 nitrogen and oxygen atoms in total. The van der Waals surface area contributed by atoms with Gasteiger partial charge in [0, 0.05) is 36.2 Å². The van der Waals surface area contributed by atoms with E-state index in [4.69, 9.17) is 0 Å². The summed E-state index contributed by atoms with van der Waals surface area (Å²) in [6.07, 6.45) is 6.05. The van der Waals surface area contributed by atoms with E-state index in [1.807, 2.05) is 43.0 Å². The summed E-state index contributed by atoms with van der Waals surface area (Å²) in [5.41, 5.74) is 1.13. The molecule has 6 heteroatoms. The largest absolute Gasteiger partial charge is 0.347 e. The minimum Gasteiger partial charge on any atom is -0.347 e. The number of carbonyl (C=O) groups is 3. The third kappa shape index (κ3) is 4.38. The maximum absolute atomic E-state index is 12.8. The quantitative estimate of drug-likeness (QED) is 0.651. The number of benzene rings is 1. The van der Waals surface area contributed by atoms with E-state index >= 15 is 0 Å². The van der Waals surface area contributed by atoms with Gasteiger partial charge in [0.1, 0.15) is 6.54 Å². The Bertz CT molecular complexity index is 845. The van der Waals surface area contributed by atoms with Crippen molar-refractivity contribution >= 4 is 28.5 Å². The van der Waals surface area contributed by atoms with Crippen LogP contribution in [0, 0.1) is 0 Å². The van der Waals surface area contributed by atoms with E-state index < -0.39 is 11.7 Å². The van der Waals surface area contributed by atoms with Crippen molar-refractivity contribution in [2.75, 3.05) is 13.1 Å². The van der Waals surface area contributed by atoms with Gasteiger partial charge in [-0.05, 0) is 32.8 Å². The lowest BCUT2D eigenvalue weighted by atomic mass is 10.1. The number of fused-ring (bicyclic) bond motifs is 1. The minimum atomic E-state index is -0.619. The van der Waals surface area contributed by atoms with Gasteiger partial charge in [-0.25, -0.2) is 0 Å². The zero-order chi connectivity index (χ0) is 19.4. The van der Waals surface area contributed by atoms with Crippen LogP contribution in [-0.2, 0) is 16.1 Å². The molecule has 0 aliphatic carbocycles. The SMILES string of the molecule is CC(C)NC(=O)C(=O)c1cn(CC(=O)N2CCCCCC2)c2ccccc12. The van der Waals surface area contributed by atoms with E-state index in [0.717, 1.165) is 31.4 Å². The first-order valence-corrected chi connectivity index (χ1v) is 9.68. The van der Waals surface area contributed by atoms with Gasteiger partial charge in [0.05, 0.1) is 5.56 Å². The number of carbonyl (C=O) groups excluding carboxylic acids is 3. The molecular formula is C21H27N3O3. The lowest BCUT2D eigenvalue weighted by Gasteiger charge is -2.20. The molecule has 3 rings (SSSR count). The number of nitrogens with zero attached hydrogens (tertiary/aromatic N) is 2. The molecule has 0 unspecified atom stereocenters. The van der Waals surface area contributed by atoms with Crippen molar-refractivity contribution < 1.29 is 14.4 Å². The van der Waals surface area contributed by atoms with Gasteiger partial charge < -0.3 is 14.8 Å². The molecular weight excluding hydrogens is 342 g/mol. The number of nitrogens with one attached hydrogen (secondary N) is 1. The predicted molar refractivity (Wildman–Crippen MR) is 105 cm³/mol. The molecule has 0 saturated carbocycles. The second-order valence-corrected chi connectivity index (χ2v) is 7.44. The monoisotopic (exact) mass is 369 g/mol. The highest BCUT2D eigenvalue weighted by molar-refractivity contribution is 6.45. The number of likely N-dealkylation sites (tertiary alicyclic amines) is 1. The van der Waals surface area contributed by atoms with E-state index in [1.54, 1.807) is 10.8 Å². The molecule has 0 spiro atoms. The Morgan fingerprint density at radius 1 is 1.04 bits per heavy atom. The lowest BCUT2D eigenvalue weighted by Crippen LogP contribution is -2.36. The van der Waals surface area contributed by atoms with Crippen LogP contribution in [0.4, 0.5) is 0 Å². The van der Waals surface area contributed by atoms with E-state index in [2.05, 4.69) is 5.32 Å². The summed E-state index contributed by atoms with van der Waals surface area (Å²) in [7, 11) is 0. The molecule has 1 aromatic carbocycles. The molecule has 2 aromatic rings. The highest BCUT2D eigenvalue weighted by Gasteiger charge is 2.23. The molecule has 0 radical (unpaired) electrons. The smallest absolute Gasteiger partial charge is 0.292 e. The molecule has 1 aliphatic heterocycles. The summed E-state index contributed by atoms with van der Waals surface area (Å²) in [5.74, 6) is -1.13. The summed E-state index contributed by atoms with van der Waals surface area (Å²) in [6, 6.07) is 7.29. The van der Waals surface area contributed by atoms with Crippen LogP contribution >= 0.6 is 0 Å². The number of Topliss-reactive ketones (excluding diaryl/α,β-unsaturated/α-hetero) is 1. The van der Waals surface area contributed by atoms with Gasteiger partial charge in [0.2, 0.25) is 5.91 Å². The number of para-hydroxylation sites is 1. The lowest BCUT2D eigenvalue weighted by molar-refractivity contribution is -0.131. The molecule has 1 saturated heterocycles. The molecule has 1 fully saturated rings. The van der Waals surface area contributed by atoms with Gasteiger partial charge in [-0.15, -0.1) is 0 Å². The van der Waals surface area contributed by atoms with Crippen LogP contribution in [0.2, 0.25) is 0 Å². The Kier molecular flexibility index (Phi) is 5.94. The fourth-order valence-corrected chi connectivity index (χ4v) is 3.57. The van der Waals surface area contributed by atoms with Gasteiger partial charge in [0.15, 0.2) is 0 Å². The molecule has 1 aromatic heterocycles. The van der Waals surface area contributed by atoms with Gasteiger partial charge in [0.25, 0.3) is 11.7 Å². The molecule has 0 bridgehead atoms. The first-order valence-electron chi connectivity index (χ1n) is 9.68. The molecule has 1 aliphatic rings. The van der Waals surface area contributed by atoms with Crippen molar-refractivity contribution in [3.8, 4) is 0 Å². The van der Waals surface area contributed by atoms with Crippen molar-refractivity contribution in [3.05, 3.63) is 36.0 Å². The summed E-state index contributed by atoms with van der Waals surface area (Å²) >= 11 is 0. The Labute approximate surface area is 159 Å². The highest BCUT2D eigenvalue weighted by Crippen LogP contribution is 2.22. The van der Waals surface area contributed by atoms with Crippen LogP contribution in [0.15, 0.2) is 30.5 Å². The van der Waals surface area contributed by atoms with E-state index in [0.29, 0.717) is 10.9 Å². The standard InChI is InChI=1S/C21H27N3O3/c1-15(2)22-21(27)20(26)17-13-24(18-10-6-5-9-16(17)18)14-19(25)23-11-7-3-4-8-12-23/h5-6,9-10,13,15H,3-4,7-8,11-12,14H2,1-2H3,(H,22,27). The first kappa shape index (κ1) is 19.1. The van der Waals surface area contributed by atoms with Crippen molar-refractivity contribution in [3.63, 3.8) is 0 Å². The van der Waals surface area contributed by atoms with Crippen LogP contribution in [0.3, 0.4) is 0 Å².